The Kier molecular flexibility index (Phi) is 7.46. The number of halogens is 1. The quantitative estimate of drug-likeness (QED) is 0.378. The molecule has 0 aliphatic heterocycles. The lowest BCUT2D eigenvalue weighted by atomic mass is 9.64. The zero-order valence-corrected chi connectivity index (χ0v) is 19.3. The monoisotopic (exact) mass is 463 g/mol. The number of fused-ring (bicyclic) bond motifs is 1. The molecule has 3 aromatic rings. The Labute approximate surface area is 199 Å². The molecule has 1 aliphatic rings. The van der Waals surface area contributed by atoms with Crippen LogP contribution < -0.4 is 17.3 Å². The third-order valence-electron chi connectivity index (χ3n) is 6.01. The Morgan fingerprint density at radius 3 is 1.82 bits per heavy atom. The summed E-state index contributed by atoms with van der Waals surface area (Å²) in [5.41, 5.74) is 0.0397. The van der Waals surface area contributed by atoms with Crippen LogP contribution >= 0.6 is 0 Å². The van der Waals surface area contributed by atoms with Crippen molar-refractivity contribution in [3.05, 3.63) is 107 Å². The van der Waals surface area contributed by atoms with Crippen LogP contribution in [0.25, 0.3) is 0 Å². The number of nitrogens with one attached hydrogen (secondary N) is 1. The molecule has 0 radical (unpaired) electrons. The second-order valence-corrected chi connectivity index (χ2v) is 8.35. The molecule has 0 saturated carbocycles. The molecule has 170 valence electrons. The van der Waals surface area contributed by atoms with E-state index in [4.69, 9.17) is 4.74 Å². The SMILES string of the molecule is C[NH+](C)CCOC(=O)C(c1ccccc1)C1(c2ccccc2)C(=O)c2ccccc2C1=O.[Cl-]. The summed E-state index contributed by atoms with van der Waals surface area (Å²) in [6.07, 6.45) is 0. The minimum absolute atomic E-state index is 0. The maximum Gasteiger partial charge on any atom is 0.315 e. The summed E-state index contributed by atoms with van der Waals surface area (Å²) in [6.45, 7) is 0.818. The van der Waals surface area contributed by atoms with E-state index in [1.165, 1.54) is 0 Å². The fourth-order valence-electron chi connectivity index (χ4n) is 4.45. The summed E-state index contributed by atoms with van der Waals surface area (Å²) in [7, 11) is 3.93. The maximum atomic E-state index is 14.0. The molecule has 0 saturated heterocycles. The van der Waals surface area contributed by atoms with Gasteiger partial charge < -0.3 is 22.0 Å². The maximum absolute atomic E-state index is 14.0. The highest BCUT2D eigenvalue weighted by Gasteiger charge is 2.61. The van der Waals surface area contributed by atoms with Gasteiger partial charge in [0.2, 0.25) is 0 Å². The van der Waals surface area contributed by atoms with E-state index in [2.05, 4.69) is 0 Å². The van der Waals surface area contributed by atoms with E-state index in [1.807, 2.05) is 26.2 Å². The van der Waals surface area contributed by atoms with Gasteiger partial charge in [0.05, 0.1) is 14.1 Å². The standard InChI is InChI=1S/C27H25NO4.ClH/c1-28(2)17-18-32-26(31)23(19-11-5-3-6-12-19)27(20-13-7-4-8-14-20)24(29)21-15-9-10-16-22(21)25(27)30;/h3-16,23H,17-18H2,1-2H3;1H. The highest BCUT2D eigenvalue weighted by Crippen LogP contribution is 2.49. The van der Waals surface area contributed by atoms with Gasteiger partial charge in [-0.15, -0.1) is 0 Å². The van der Waals surface area contributed by atoms with Gasteiger partial charge in [-0.25, -0.2) is 0 Å². The highest BCUT2D eigenvalue weighted by atomic mass is 35.5. The molecular formula is C27H26ClNO4. The molecule has 0 amide bonds. The Balaban J connectivity index is 0.00000306. The van der Waals surface area contributed by atoms with Crippen molar-refractivity contribution >= 4 is 17.5 Å². The Bertz CT molecular complexity index is 1110. The molecular weight excluding hydrogens is 438 g/mol. The number of Topliss-reactive ketones (excluding diaryl/α,β-unsaturated/α-hetero) is 2. The average Bonchev–Trinajstić information content (AvgIpc) is 3.03. The first-order chi connectivity index (χ1) is 15.5. The lowest BCUT2D eigenvalue weighted by Crippen LogP contribution is -3.06. The highest BCUT2D eigenvalue weighted by molar-refractivity contribution is 6.35. The molecule has 33 heavy (non-hydrogen) atoms. The number of benzene rings is 3. The zero-order chi connectivity index (χ0) is 22.7. The van der Waals surface area contributed by atoms with Gasteiger partial charge in [0.25, 0.3) is 0 Å². The third kappa shape index (κ3) is 4.22. The number of carbonyl (C=O) groups is 3. The van der Waals surface area contributed by atoms with Crippen molar-refractivity contribution in [1.29, 1.82) is 0 Å². The van der Waals surface area contributed by atoms with Gasteiger partial charge in [-0.1, -0.05) is 84.9 Å². The average molecular weight is 464 g/mol. The number of hydrogen-bond acceptors (Lipinski definition) is 4. The van der Waals surface area contributed by atoms with Crippen molar-refractivity contribution < 1.29 is 36.4 Å². The topological polar surface area (TPSA) is 64.9 Å². The summed E-state index contributed by atoms with van der Waals surface area (Å²) in [5, 5.41) is 0. The summed E-state index contributed by atoms with van der Waals surface area (Å²) < 4.78 is 5.66. The predicted molar refractivity (Wildman–Crippen MR) is 121 cm³/mol. The Morgan fingerprint density at radius 1 is 0.818 bits per heavy atom. The summed E-state index contributed by atoms with van der Waals surface area (Å²) in [5.74, 6) is -2.41. The van der Waals surface area contributed by atoms with Gasteiger partial charge in [0.15, 0.2) is 11.6 Å². The van der Waals surface area contributed by atoms with E-state index in [-0.39, 0.29) is 30.6 Å². The summed E-state index contributed by atoms with van der Waals surface area (Å²) >= 11 is 0. The number of hydrogen-bond donors (Lipinski definition) is 1. The van der Waals surface area contributed by atoms with E-state index in [0.29, 0.717) is 28.8 Å². The first-order valence-electron chi connectivity index (χ1n) is 10.7. The van der Waals surface area contributed by atoms with Gasteiger partial charge in [-0.05, 0) is 11.1 Å². The Hall–Kier alpha value is -3.28. The van der Waals surface area contributed by atoms with Crippen molar-refractivity contribution in [1.82, 2.24) is 0 Å². The third-order valence-corrected chi connectivity index (χ3v) is 6.01. The van der Waals surface area contributed by atoms with E-state index in [9.17, 15) is 14.4 Å². The van der Waals surface area contributed by atoms with Crippen LogP contribution in [0.5, 0.6) is 0 Å². The fourth-order valence-corrected chi connectivity index (χ4v) is 4.45. The van der Waals surface area contributed by atoms with Crippen LogP contribution in [0.1, 0.15) is 37.8 Å². The van der Waals surface area contributed by atoms with Crippen molar-refractivity contribution in [2.45, 2.75) is 11.3 Å². The molecule has 0 spiro atoms. The smallest absolute Gasteiger partial charge is 0.315 e. The van der Waals surface area contributed by atoms with Gasteiger partial charge >= 0.3 is 5.97 Å². The van der Waals surface area contributed by atoms with Crippen molar-refractivity contribution in [2.24, 2.45) is 0 Å². The summed E-state index contributed by atoms with van der Waals surface area (Å²) in [4.78, 5) is 42.7. The molecule has 0 fully saturated rings. The largest absolute Gasteiger partial charge is 1.00 e. The molecule has 5 nitrogen and oxygen atoms in total. The lowest BCUT2D eigenvalue weighted by molar-refractivity contribution is -0.858. The Morgan fingerprint density at radius 2 is 1.30 bits per heavy atom. The number of esters is 1. The van der Waals surface area contributed by atoms with Gasteiger partial charge in [-0.2, -0.15) is 0 Å². The first kappa shape index (κ1) is 24.4. The van der Waals surface area contributed by atoms with Crippen LogP contribution in [0.15, 0.2) is 84.9 Å². The van der Waals surface area contributed by atoms with E-state index < -0.39 is 17.3 Å². The van der Waals surface area contributed by atoms with Crippen LogP contribution in [0.2, 0.25) is 0 Å². The molecule has 0 bridgehead atoms. The van der Waals surface area contributed by atoms with Crippen LogP contribution in [-0.4, -0.2) is 44.8 Å². The minimum Gasteiger partial charge on any atom is -1.00 e. The normalized spacial score (nSPS) is 15.0. The van der Waals surface area contributed by atoms with Crippen molar-refractivity contribution in [3.8, 4) is 0 Å². The number of ether oxygens (including phenoxy) is 1. The fraction of sp³-hybridized carbons (Fsp3) is 0.222. The molecule has 3 aromatic carbocycles. The molecule has 6 heteroatoms. The van der Waals surface area contributed by atoms with Gasteiger partial charge in [0.1, 0.15) is 24.5 Å². The van der Waals surface area contributed by atoms with E-state index in [0.717, 1.165) is 4.90 Å². The number of carbonyl (C=O) groups excluding carboxylic acids is 3. The van der Waals surface area contributed by atoms with Gasteiger partial charge in [0, 0.05) is 11.1 Å². The number of likely N-dealkylation sites (N-methyl/N-ethyl adjacent to an activating group) is 1. The van der Waals surface area contributed by atoms with Crippen LogP contribution in [0.3, 0.4) is 0 Å². The minimum atomic E-state index is -1.71. The number of quaternary nitrogens is 1. The predicted octanol–water partition coefficient (Wildman–Crippen LogP) is -0.521. The number of rotatable bonds is 7. The summed E-state index contributed by atoms with van der Waals surface area (Å²) in [6, 6.07) is 24.6. The molecule has 0 aromatic heterocycles. The van der Waals surface area contributed by atoms with Crippen LogP contribution in [0, 0.1) is 0 Å². The van der Waals surface area contributed by atoms with Crippen LogP contribution in [-0.2, 0) is 14.9 Å². The van der Waals surface area contributed by atoms with Crippen molar-refractivity contribution in [3.63, 3.8) is 0 Å². The van der Waals surface area contributed by atoms with Crippen molar-refractivity contribution in [2.75, 3.05) is 27.2 Å². The lowest BCUT2D eigenvalue weighted by Gasteiger charge is -2.34. The second-order valence-electron chi connectivity index (χ2n) is 8.35. The molecule has 1 unspecified atom stereocenters. The second kappa shape index (κ2) is 10.1. The zero-order valence-electron chi connectivity index (χ0n) is 18.6. The molecule has 0 heterocycles. The molecule has 1 aliphatic carbocycles. The van der Waals surface area contributed by atoms with E-state index >= 15 is 0 Å². The molecule has 1 N–H and O–H groups in total. The van der Waals surface area contributed by atoms with Crippen LogP contribution in [0.4, 0.5) is 0 Å². The molecule has 1 atom stereocenters. The molecule has 4 rings (SSSR count). The van der Waals surface area contributed by atoms with E-state index in [1.54, 1.807) is 72.8 Å². The number of ketones is 2. The first-order valence-corrected chi connectivity index (χ1v) is 10.7. The van der Waals surface area contributed by atoms with Gasteiger partial charge in [-0.3, -0.25) is 14.4 Å².